The largest absolute Gasteiger partial charge is 0.481 e. The first-order chi connectivity index (χ1) is 9.00. The van der Waals surface area contributed by atoms with E-state index in [-0.39, 0.29) is 5.92 Å². The van der Waals surface area contributed by atoms with Crippen molar-refractivity contribution < 1.29 is 9.90 Å². The van der Waals surface area contributed by atoms with Crippen LogP contribution in [0.5, 0.6) is 0 Å². The van der Waals surface area contributed by atoms with Gasteiger partial charge in [0, 0.05) is 17.5 Å². The zero-order valence-corrected chi connectivity index (χ0v) is 12.8. The number of hydrogen-bond acceptors (Lipinski definition) is 4. The molecule has 1 aromatic heterocycles. The summed E-state index contributed by atoms with van der Waals surface area (Å²) in [4.78, 5) is 16.3. The van der Waals surface area contributed by atoms with Gasteiger partial charge in [0.05, 0.1) is 17.1 Å². The lowest BCUT2D eigenvalue weighted by molar-refractivity contribution is -0.141. The van der Waals surface area contributed by atoms with Crippen LogP contribution in [-0.2, 0) is 11.2 Å². The first kappa shape index (κ1) is 16.1. The highest BCUT2D eigenvalue weighted by Gasteiger charge is 2.11. The van der Waals surface area contributed by atoms with E-state index < -0.39 is 5.97 Å². The second-order valence-electron chi connectivity index (χ2n) is 5.14. The minimum atomic E-state index is -0.693. The van der Waals surface area contributed by atoms with Crippen LogP contribution in [0, 0.1) is 12.8 Å². The number of nitrogens with zero attached hydrogens (tertiary/aromatic N) is 1. The minimum Gasteiger partial charge on any atom is -0.481 e. The summed E-state index contributed by atoms with van der Waals surface area (Å²) in [5.41, 5.74) is 3.02. The molecule has 2 atom stereocenters. The van der Waals surface area contributed by atoms with Crippen LogP contribution in [0.4, 0.5) is 0 Å². The average Bonchev–Trinajstić information content (AvgIpc) is 2.75. The monoisotopic (exact) mass is 284 g/mol. The highest BCUT2D eigenvalue weighted by molar-refractivity contribution is 7.09. The first-order valence-corrected chi connectivity index (χ1v) is 7.73. The molecule has 0 saturated carbocycles. The molecule has 0 aliphatic heterocycles. The van der Waals surface area contributed by atoms with Crippen molar-refractivity contribution >= 4 is 17.3 Å². The Morgan fingerprint density at radius 3 is 2.79 bits per heavy atom. The van der Waals surface area contributed by atoms with Crippen LogP contribution in [0.25, 0.3) is 0 Å². The predicted molar refractivity (Wildman–Crippen MR) is 78.7 cm³/mol. The van der Waals surface area contributed by atoms with Gasteiger partial charge in [-0.1, -0.05) is 13.3 Å². The molecular formula is C14H24N2O2S. The maximum Gasteiger partial charge on any atom is 0.306 e. The van der Waals surface area contributed by atoms with E-state index in [4.69, 9.17) is 5.11 Å². The van der Waals surface area contributed by atoms with Crippen LogP contribution in [0.1, 0.15) is 43.7 Å². The summed E-state index contributed by atoms with van der Waals surface area (Å²) in [6.07, 6.45) is 3.77. The van der Waals surface area contributed by atoms with E-state index in [1.54, 1.807) is 18.3 Å². The van der Waals surface area contributed by atoms with Crippen molar-refractivity contribution in [2.24, 2.45) is 5.92 Å². The maximum atomic E-state index is 10.7. The van der Waals surface area contributed by atoms with Crippen molar-refractivity contribution in [2.75, 3.05) is 6.54 Å². The molecule has 0 saturated heterocycles. The van der Waals surface area contributed by atoms with E-state index >= 15 is 0 Å². The van der Waals surface area contributed by atoms with Gasteiger partial charge in [0.15, 0.2) is 0 Å². The first-order valence-electron chi connectivity index (χ1n) is 6.86. The van der Waals surface area contributed by atoms with Gasteiger partial charge in [0.1, 0.15) is 0 Å². The summed E-state index contributed by atoms with van der Waals surface area (Å²) in [6, 6.07) is 0.439. The van der Waals surface area contributed by atoms with Crippen LogP contribution in [0.2, 0.25) is 0 Å². The van der Waals surface area contributed by atoms with Crippen molar-refractivity contribution in [3.8, 4) is 0 Å². The van der Waals surface area contributed by atoms with Crippen molar-refractivity contribution in [1.82, 2.24) is 10.3 Å². The van der Waals surface area contributed by atoms with Crippen LogP contribution in [-0.4, -0.2) is 28.6 Å². The predicted octanol–water partition coefficient (Wildman–Crippen LogP) is 2.86. The molecule has 0 aliphatic rings. The Labute approximate surface area is 119 Å². The lowest BCUT2D eigenvalue weighted by Crippen LogP contribution is -2.28. The van der Waals surface area contributed by atoms with E-state index in [1.807, 2.05) is 12.4 Å². The van der Waals surface area contributed by atoms with Gasteiger partial charge >= 0.3 is 5.97 Å². The molecule has 4 nitrogen and oxygen atoms in total. The number of nitrogens with one attached hydrogen (secondary N) is 1. The molecule has 0 radical (unpaired) electrons. The molecule has 1 rings (SSSR count). The molecule has 0 fully saturated rings. The number of aliphatic carboxylic acids is 1. The van der Waals surface area contributed by atoms with Crippen LogP contribution < -0.4 is 5.32 Å². The summed E-state index contributed by atoms with van der Waals surface area (Å²) in [5.74, 6) is -0.923. The molecule has 1 heterocycles. The van der Waals surface area contributed by atoms with Crippen LogP contribution in [0.3, 0.4) is 0 Å². The standard InChI is InChI=1S/C14H24N2O2S/c1-10(14(17)18)5-4-6-11(2)15-8-7-13-12(3)16-9-19-13/h9-11,15H,4-8H2,1-3H3,(H,17,18). The number of carboxylic acids is 1. The van der Waals surface area contributed by atoms with Gasteiger partial charge in [-0.2, -0.15) is 0 Å². The minimum absolute atomic E-state index is 0.230. The average molecular weight is 284 g/mol. The Bertz CT molecular complexity index is 393. The van der Waals surface area contributed by atoms with E-state index in [1.165, 1.54) is 4.88 Å². The number of aryl methyl sites for hydroxylation is 1. The number of carbonyl (C=O) groups is 1. The Balaban J connectivity index is 2.10. The lowest BCUT2D eigenvalue weighted by Gasteiger charge is -2.14. The molecule has 0 aliphatic carbocycles. The van der Waals surface area contributed by atoms with Crippen molar-refractivity contribution in [3.63, 3.8) is 0 Å². The number of carboxylic acid groups (broad SMARTS) is 1. The fourth-order valence-electron chi connectivity index (χ4n) is 1.95. The highest BCUT2D eigenvalue weighted by atomic mass is 32.1. The number of aromatic nitrogens is 1. The molecule has 0 aromatic carbocycles. The van der Waals surface area contributed by atoms with E-state index in [9.17, 15) is 4.79 Å². The topological polar surface area (TPSA) is 62.2 Å². The van der Waals surface area contributed by atoms with Crippen molar-refractivity contribution in [2.45, 2.75) is 52.5 Å². The summed E-state index contributed by atoms with van der Waals surface area (Å²) < 4.78 is 0. The summed E-state index contributed by atoms with van der Waals surface area (Å²) >= 11 is 1.71. The summed E-state index contributed by atoms with van der Waals surface area (Å²) in [5, 5.41) is 12.3. The molecule has 1 aromatic rings. The van der Waals surface area contributed by atoms with Gasteiger partial charge in [-0.25, -0.2) is 4.98 Å². The van der Waals surface area contributed by atoms with E-state index in [0.717, 1.165) is 37.9 Å². The number of hydrogen-bond donors (Lipinski definition) is 2. The van der Waals surface area contributed by atoms with Gasteiger partial charge in [-0.15, -0.1) is 11.3 Å². The molecule has 0 bridgehead atoms. The number of rotatable bonds is 9. The summed E-state index contributed by atoms with van der Waals surface area (Å²) in [6.45, 7) is 6.93. The normalized spacial score (nSPS) is 14.3. The zero-order chi connectivity index (χ0) is 14.3. The molecule has 2 unspecified atom stereocenters. The van der Waals surface area contributed by atoms with Gasteiger partial charge in [-0.3, -0.25) is 4.79 Å². The SMILES string of the molecule is Cc1ncsc1CCNC(C)CCCC(C)C(=O)O. The van der Waals surface area contributed by atoms with Crippen LogP contribution >= 0.6 is 11.3 Å². The third-order valence-corrected chi connectivity index (χ3v) is 4.38. The quantitative estimate of drug-likeness (QED) is 0.732. The van der Waals surface area contributed by atoms with Gasteiger partial charge < -0.3 is 10.4 Å². The Morgan fingerprint density at radius 1 is 1.47 bits per heavy atom. The second kappa shape index (κ2) is 8.27. The fourth-order valence-corrected chi connectivity index (χ4v) is 2.74. The molecule has 0 amide bonds. The lowest BCUT2D eigenvalue weighted by atomic mass is 10.0. The smallest absolute Gasteiger partial charge is 0.306 e. The van der Waals surface area contributed by atoms with E-state index in [2.05, 4.69) is 17.2 Å². The molecule has 0 spiro atoms. The molecule has 108 valence electrons. The summed E-state index contributed by atoms with van der Waals surface area (Å²) in [7, 11) is 0. The zero-order valence-electron chi connectivity index (χ0n) is 12.0. The fraction of sp³-hybridized carbons (Fsp3) is 0.714. The third kappa shape index (κ3) is 6.16. The Morgan fingerprint density at radius 2 is 2.21 bits per heavy atom. The molecular weight excluding hydrogens is 260 g/mol. The van der Waals surface area contributed by atoms with Crippen molar-refractivity contribution in [3.05, 3.63) is 16.1 Å². The highest BCUT2D eigenvalue weighted by Crippen LogP contribution is 2.13. The maximum absolute atomic E-state index is 10.7. The Kier molecular flexibility index (Phi) is 7.02. The molecule has 2 N–H and O–H groups in total. The van der Waals surface area contributed by atoms with Crippen molar-refractivity contribution in [1.29, 1.82) is 0 Å². The van der Waals surface area contributed by atoms with Crippen LogP contribution in [0.15, 0.2) is 5.51 Å². The third-order valence-electron chi connectivity index (χ3n) is 3.39. The van der Waals surface area contributed by atoms with E-state index in [0.29, 0.717) is 6.04 Å². The second-order valence-corrected chi connectivity index (χ2v) is 6.08. The van der Waals surface area contributed by atoms with Gasteiger partial charge in [0.25, 0.3) is 0 Å². The molecule has 5 heteroatoms. The molecule has 19 heavy (non-hydrogen) atoms. The Hall–Kier alpha value is -0.940. The van der Waals surface area contributed by atoms with Gasteiger partial charge in [0.2, 0.25) is 0 Å². The van der Waals surface area contributed by atoms with Gasteiger partial charge in [-0.05, 0) is 33.1 Å². The number of thiazole rings is 1.